The largest absolute Gasteiger partial charge is 0.355 e. The first-order chi connectivity index (χ1) is 7.75. The second-order valence-corrected chi connectivity index (χ2v) is 5.42. The number of aryl methyl sites for hydroxylation is 1. The summed E-state index contributed by atoms with van der Waals surface area (Å²) in [4.78, 5) is 12.8. The van der Waals surface area contributed by atoms with E-state index >= 15 is 0 Å². The second-order valence-electron chi connectivity index (χ2n) is 4.38. The molecule has 1 aliphatic rings. The SMILES string of the molecule is Cl.NC(CNC(=O)CCc1cccs1)C1CC1. The summed E-state index contributed by atoms with van der Waals surface area (Å²) in [5.74, 6) is 0.766. The summed E-state index contributed by atoms with van der Waals surface area (Å²) in [5, 5.41) is 4.94. The van der Waals surface area contributed by atoms with Crippen LogP contribution < -0.4 is 11.1 Å². The number of hydrogen-bond donors (Lipinski definition) is 2. The Labute approximate surface area is 112 Å². The van der Waals surface area contributed by atoms with Crippen LogP contribution in [0.15, 0.2) is 17.5 Å². The zero-order valence-electron chi connectivity index (χ0n) is 9.72. The fraction of sp³-hybridized carbons (Fsp3) is 0.583. The van der Waals surface area contributed by atoms with E-state index in [-0.39, 0.29) is 24.4 Å². The predicted octanol–water partition coefficient (Wildman–Crippen LogP) is 1.96. The molecule has 3 nitrogen and oxygen atoms in total. The number of halogens is 1. The van der Waals surface area contributed by atoms with Crippen molar-refractivity contribution in [2.75, 3.05) is 6.54 Å². The van der Waals surface area contributed by atoms with Gasteiger partial charge in [0.15, 0.2) is 0 Å². The van der Waals surface area contributed by atoms with Crippen LogP contribution in [0, 0.1) is 5.92 Å². The van der Waals surface area contributed by atoms with Gasteiger partial charge in [-0.2, -0.15) is 0 Å². The first kappa shape index (κ1) is 14.5. The maximum Gasteiger partial charge on any atom is 0.220 e. The van der Waals surface area contributed by atoms with Gasteiger partial charge in [0.2, 0.25) is 5.91 Å². The highest BCUT2D eigenvalue weighted by molar-refractivity contribution is 7.09. The van der Waals surface area contributed by atoms with Gasteiger partial charge in [0, 0.05) is 23.9 Å². The summed E-state index contributed by atoms with van der Waals surface area (Å²) < 4.78 is 0. The van der Waals surface area contributed by atoms with E-state index in [1.807, 2.05) is 11.4 Å². The zero-order chi connectivity index (χ0) is 11.4. The predicted molar refractivity (Wildman–Crippen MR) is 73.6 cm³/mol. The van der Waals surface area contributed by atoms with Crippen LogP contribution in [0.3, 0.4) is 0 Å². The Morgan fingerprint density at radius 3 is 2.94 bits per heavy atom. The monoisotopic (exact) mass is 274 g/mol. The normalized spacial score (nSPS) is 16.1. The molecule has 17 heavy (non-hydrogen) atoms. The molecular formula is C12H19ClN2OS. The van der Waals surface area contributed by atoms with E-state index in [9.17, 15) is 4.79 Å². The Morgan fingerprint density at radius 1 is 1.59 bits per heavy atom. The fourth-order valence-electron chi connectivity index (χ4n) is 1.70. The topological polar surface area (TPSA) is 55.1 Å². The van der Waals surface area contributed by atoms with Crippen LogP contribution in [0.2, 0.25) is 0 Å². The van der Waals surface area contributed by atoms with Crippen molar-refractivity contribution in [3.05, 3.63) is 22.4 Å². The van der Waals surface area contributed by atoms with Crippen LogP contribution in [0.5, 0.6) is 0 Å². The highest BCUT2D eigenvalue weighted by atomic mass is 35.5. The third-order valence-corrected chi connectivity index (χ3v) is 3.88. The highest BCUT2D eigenvalue weighted by Crippen LogP contribution is 2.31. The molecule has 1 unspecified atom stereocenters. The van der Waals surface area contributed by atoms with E-state index in [0.29, 0.717) is 18.9 Å². The molecule has 1 saturated carbocycles. The van der Waals surface area contributed by atoms with Gasteiger partial charge < -0.3 is 11.1 Å². The smallest absolute Gasteiger partial charge is 0.220 e. The average molecular weight is 275 g/mol. The van der Waals surface area contributed by atoms with Crippen molar-refractivity contribution in [3.63, 3.8) is 0 Å². The number of thiophene rings is 1. The summed E-state index contributed by atoms with van der Waals surface area (Å²) in [6.07, 6.45) is 3.86. The van der Waals surface area contributed by atoms with Gasteiger partial charge in [-0.15, -0.1) is 23.7 Å². The summed E-state index contributed by atoms with van der Waals surface area (Å²) in [6.45, 7) is 0.633. The zero-order valence-corrected chi connectivity index (χ0v) is 11.4. The molecule has 96 valence electrons. The van der Waals surface area contributed by atoms with Gasteiger partial charge in [-0.3, -0.25) is 4.79 Å². The third kappa shape index (κ3) is 5.06. The highest BCUT2D eigenvalue weighted by Gasteiger charge is 2.28. The van der Waals surface area contributed by atoms with E-state index < -0.39 is 0 Å². The molecule has 0 bridgehead atoms. The van der Waals surface area contributed by atoms with Crippen molar-refractivity contribution >= 4 is 29.7 Å². The standard InChI is InChI=1S/C12H18N2OS.ClH/c13-11(9-3-4-9)8-14-12(15)6-5-10-2-1-7-16-10;/h1-2,7,9,11H,3-6,8,13H2,(H,14,15);1H. The molecule has 1 aromatic rings. The Morgan fingerprint density at radius 2 is 2.35 bits per heavy atom. The van der Waals surface area contributed by atoms with Gasteiger partial charge in [-0.05, 0) is 36.6 Å². The Kier molecular flexibility index (Phi) is 5.95. The minimum absolute atomic E-state index is 0. The second kappa shape index (κ2) is 6.99. The lowest BCUT2D eigenvalue weighted by molar-refractivity contribution is -0.121. The molecule has 0 aromatic carbocycles. The van der Waals surface area contributed by atoms with Crippen LogP contribution in [0.25, 0.3) is 0 Å². The van der Waals surface area contributed by atoms with E-state index in [1.165, 1.54) is 17.7 Å². The van der Waals surface area contributed by atoms with E-state index in [4.69, 9.17) is 5.73 Å². The molecule has 0 saturated heterocycles. The van der Waals surface area contributed by atoms with E-state index in [2.05, 4.69) is 11.4 Å². The third-order valence-electron chi connectivity index (χ3n) is 2.94. The molecule has 1 aliphatic carbocycles. The lowest BCUT2D eigenvalue weighted by Gasteiger charge is -2.11. The summed E-state index contributed by atoms with van der Waals surface area (Å²) >= 11 is 1.70. The van der Waals surface area contributed by atoms with Gasteiger partial charge in [0.1, 0.15) is 0 Å². The molecule has 0 spiro atoms. The van der Waals surface area contributed by atoms with Gasteiger partial charge in [0.05, 0.1) is 0 Å². The van der Waals surface area contributed by atoms with Crippen LogP contribution in [-0.2, 0) is 11.2 Å². The Balaban J connectivity index is 0.00000144. The molecule has 1 amide bonds. The fourth-order valence-corrected chi connectivity index (χ4v) is 2.41. The summed E-state index contributed by atoms with van der Waals surface area (Å²) in [6, 6.07) is 4.24. The van der Waals surface area contributed by atoms with Crippen molar-refractivity contribution in [1.82, 2.24) is 5.32 Å². The first-order valence-electron chi connectivity index (χ1n) is 5.80. The first-order valence-corrected chi connectivity index (χ1v) is 6.68. The van der Waals surface area contributed by atoms with Crippen molar-refractivity contribution in [2.45, 2.75) is 31.7 Å². The van der Waals surface area contributed by atoms with Crippen molar-refractivity contribution < 1.29 is 4.79 Å². The summed E-state index contributed by atoms with van der Waals surface area (Å²) in [5.41, 5.74) is 5.91. The Hall–Kier alpha value is -0.580. The van der Waals surface area contributed by atoms with Crippen LogP contribution >= 0.6 is 23.7 Å². The maximum absolute atomic E-state index is 11.5. The molecule has 5 heteroatoms. The van der Waals surface area contributed by atoms with Crippen LogP contribution in [0.1, 0.15) is 24.1 Å². The number of amides is 1. The Bertz CT molecular complexity index is 338. The minimum Gasteiger partial charge on any atom is -0.355 e. The molecule has 0 radical (unpaired) electrons. The van der Waals surface area contributed by atoms with Crippen LogP contribution in [0.4, 0.5) is 0 Å². The molecule has 1 aromatic heterocycles. The molecule has 3 N–H and O–H groups in total. The molecule has 2 rings (SSSR count). The lowest BCUT2D eigenvalue weighted by atomic mass is 10.2. The molecule has 0 aliphatic heterocycles. The van der Waals surface area contributed by atoms with Gasteiger partial charge in [-0.25, -0.2) is 0 Å². The molecular weight excluding hydrogens is 256 g/mol. The van der Waals surface area contributed by atoms with Crippen molar-refractivity contribution in [1.29, 1.82) is 0 Å². The van der Waals surface area contributed by atoms with Crippen molar-refractivity contribution in [2.24, 2.45) is 11.7 Å². The number of carbonyl (C=O) groups is 1. The number of rotatable bonds is 6. The minimum atomic E-state index is 0. The quantitative estimate of drug-likeness (QED) is 0.833. The van der Waals surface area contributed by atoms with Gasteiger partial charge in [-0.1, -0.05) is 6.07 Å². The number of nitrogens with one attached hydrogen (secondary N) is 1. The van der Waals surface area contributed by atoms with E-state index in [0.717, 1.165) is 6.42 Å². The summed E-state index contributed by atoms with van der Waals surface area (Å²) in [7, 11) is 0. The van der Waals surface area contributed by atoms with Crippen molar-refractivity contribution in [3.8, 4) is 0 Å². The average Bonchev–Trinajstić information content (AvgIpc) is 3.01. The number of carbonyl (C=O) groups excluding carboxylic acids is 1. The van der Waals surface area contributed by atoms with Crippen LogP contribution in [-0.4, -0.2) is 18.5 Å². The molecule has 1 heterocycles. The number of nitrogens with two attached hydrogens (primary N) is 1. The van der Waals surface area contributed by atoms with E-state index in [1.54, 1.807) is 11.3 Å². The lowest BCUT2D eigenvalue weighted by Crippen LogP contribution is -2.38. The molecule has 1 atom stereocenters. The van der Waals surface area contributed by atoms with Gasteiger partial charge >= 0.3 is 0 Å². The number of hydrogen-bond acceptors (Lipinski definition) is 3. The maximum atomic E-state index is 11.5. The molecule has 1 fully saturated rings. The van der Waals surface area contributed by atoms with Gasteiger partial charge in [0.25, 0.3) is 0 Å².